The Bertz CT molecular complexity index is 627. The van der Waals surface area contributed by atoms with Gasteiger partial charge in [0.1, 0.15) is 12.4 Å². The molecule has 0 spiro atoms. The minimum Gasteiger partial charge on any atom is -0.477 e. The first-order valence-corrected chi connectivity index (χ1v) is 14.8. The Hall–Kier alpha value is -1.46. The second-order valence-electron chi connectivity index (χ2n) is 10.5. The molecule has 0 aliphatic carbocycles. The molecule has 2 atom stereocenters. The first-order chi connectivity index (χ1) is 17.0. The summed E-state index contributed by atoms with van der Waals surface area (Å²) in [5, 5.41) is 9.28. The van der Waals surface area contributed by atoms with E-state index in [1.54, 1.807) is 6.20 Å². The van der Waals surface area contributed by atoms with Crippen LogP contribution in [-0.2, 0) is 4.79 Å². The molecular formula is C30H56N3O2+. The van der Waals surface area contributed by atoms with E-state index in [1.165, 1.54) is 109 Å². The molecule has 0 amide bonds. The summed E-state index contributed by atoms with van der Waals surface area (Å²) in [5.41, 5.74) is 6.12. The number of amidine groups is 1. The number of aliphatic carboxylic acids is 1. The van der Waals surface area contributed by atoms with Crippen molar-refractivity contribution in [3.05, 3.63) is 24.6 Å². The SMILES string of the molecule is CCCCCCCCCCCCCCCCCC/C=C/CCCC1=NC=C[N+]1(CC(=O)O)C(C)N. The molecule has 5 heteroatoms. The molecule has 0 aromatic heterocycles. The standard InChI is InChI=1S/C30H55N3O2/c1-3-4-5-6-7-8-9-10-11-12-13-14-15-16-17-18-19-20-21-22-23-24-29-32-25-26-33(29,28(2)31)27-30(34)35/h20-21,25-26,28H,3-19,22-24,27,31H2,1-2H3/p+1/b21-20+. The van der Waals surface area contributed by atoms with E-state index in [0.717, 1.165) is 25.1 Å². The highest BCUT2D eigenvalue weighted by Crippen LogP contribution is 2.23. The van der Waals surface area contributed by atoms with E-state index in [1.807, 2.05) is 13.1 Å². The molecule has 202 valence electrons. The zero-order valence-corrected chi connectivity index (χ0v) is 23.1. The van der Waals surface area contributed by atoms with Crippen LogP contribution in [0, 0.1) is 0 Å². The number of carboxylic acid groups (broad SMARTS) is 1. The van der Waals surface area contributed by atoms with Crippen LogP contribution in [0.3, 0.4) is 0 Å². The Morgan fingerprint density at radius 3 is 1.77 bits per heavy atom. The maximum absolute atomic E-state index is 11.3. The maximum Gasteiger partial charge on any atom is 0.360 e. The average Bonchev–Trinajstić information content (AvgIpc) is 3.23. The largest absolute Gasteiger partial charge is 0.477 e. The zero-order valence-electron chi connectivity index (χ0n) is 23.1. The van der Waals surface area contributed by atoms with Crippen molar-refractivity contribution in [1.29, 1.82) is 0 Å². The average molecular weight is 491 g/mol. The summed E-state index contributed by atoms with van der Waals surface area (Å²) in [7, 11) is 0. The summed E-state index contributed by atoms with van der Waals surface area (Å²) in [6, 6.07) is 0. The second-order valence-corrected chi connectivity index (χ2v) is 10.5. The fourth-order valence-corrected chi connectivity index (χ4v) is 5.01. The molecule has 1 aliphatic rings. The van der Waals surface area contributed by atoms with E-state index in [0.29, 0.717) is 0 Å². The smallest absolute Gasteiger partial charge is 0.360 e. The summed E-state index contributed by atoms with van der Waals surface area (Å²) in [6.07, 6.45) is 34.3. The van der Waals surface area contributed by atoms with Gasteiger partial charge in [0, 0.05) is 13.3 Å². The van der Waals surface area contributed by atoms with Crippen molar-refractivity contribution >= 4 is 11.8 Å². The van der Waals surface area contributed by atoms with E-state index < -0.39 is 5.97 Å². The van der Waals surface area contributed by atoms with E-state index in [2.05, 4.69) is 24.1 Å². The minimum absolute atomic E-state index is 0.0396. The number of aliphatic imine (C=N–C) groups is 1. The number of carboxylic acids is 1. The molecule has 3 N–H and O–H groups in total. The van der Waals surface area contributed by atoms with E-state index in [-0.39, 0.29) is 17.2 Å². The summed E-state index contributed by atoms with van der Waals surface area (Å²) in [4.78, 5) is 15.7. The number of quaternary nitrogens is 1. The highest BCUT2D eigenvalue weighted by molar-refractivity contribution is 5.81. The summed E-state index contributed by atoms with van der Waals surface area (Å²) >= 11 is 0. The van der Waals surface area contributed by atoms with Gasteiger partial charge < -0.3 is 5.11 Å². The summed E-state index contributed by atoms with van der Waals surface area (Å²) in [5.74, 6) is 0.0221. The van der Waals surface area contributed by atoms with Gasteiger partial charge in [-0.1, -0.05) is 115 Å². The molecule has 5 nitrogen and oxygen atoms in total. The highest BCUT2D eigenvalue weighted by Gasteiger charge is 2.40. The molecular weight excluding hydrogens is 434 g/mol. The van der Waals surface area contributed by atoms with Gasteiger partial charge in [0.05, 0.1) is 6.20 Å². The molecule has 0 saturated heterocycles. The van der Waals surface area contributed by atoms with Gasteiger partial charge in [-0.05, 0) is 25.7 Å². The number of rotatable bonds is 24. The Balaban J connectivity index is 1.91. The van der Waals surface area contributed by atoms with Crippen LogP contribution in [-0.4, -0.2) is 34.1 Å². The van der Waals surface area contributed by atoms with E-state index in [4.69, 9.17) is 5.73 Å². The van der Waals surface area contributed by atoms with Crippen LogP contribution in [0.4, 0.5) is 0 Å². The van der Waals surface area contributed by atoms with Gasteiger partial charge in [-0.3, -0.25) is 5.73 Å². The highest BCUT2D eigenvalue weighted by atomic mass is 16.4. The Kier molecular flexibility index (Phi) is 18.7. The lowest BCUT2D eigenvalue weighted by atomic mass is 10.0. The van der Waals surface area contributed by atoms with Crippen molar-refractivity contribution in [2.45, 2.75) is 148 Å². The first kappa shape index (κ1) is 31.6. The lowest BCUT2D eigenvalue weighted by Crippen LogP contribution is -2.59. The third-order valence-electron chi connectivity index (χ3n) is 7.32. The molecule has 1 rings (SSSR count). The Morgan fingerprint density at radius 2 is 1.31 bits per heavy atom. The van der Waals surface area contributed by atoms with Crippen LogP contribution in [0.1, 0.15) is 142 Å². The van der Waals surface area contributed by atoms with Gasteiger partial charge >= 0.3 is 5.97 Å². The lowest BCUT2D eigenvalue weighted by Gasteiger charge is -2.34. The zero-order chi connectivity index (χ0) is 25.6. The van der Waals surface area contributed by atoms with E-state index >= 15 is 0 Å². The number of unbranched alkanes of at least 4 members (excludes halogenated alkanes) is 17. The fraction of sp³-hybridized carbons (Fsp3) is 0.800. The number of allylic oxidation sites excluding steroid dienone is 2. The second kappa shape index (κ2) is 20.7. The summed E-state index contributed by atoms with van der Waals surface area (Å²) in [6.45, 7) is 4.10. The lowest BCUT2D eigenvalue weighted by molar-refractivity contribution is -0.805. The van der Waals surface area contributed by atoms with Gasteiger partial charge in [-0.25, -0.2) is 14.3 Å². The monoisotopic (exact) mass is 490 g/mol. The third kappa shape index (κ3) is 14.6. The quantitative estimate of drug-likeness (QED) is 0.0809. The number of nitrogens with zero attached hydrogens (tertiary/aromatic N) is 2. The van der Waals surface area contributed by atoms with Gasteiger partial charge in [0.15, 0.2) is 6.54 Å². The molecule has 0 aromatic rings. The number of hydrogen-bond donors (Lipinski definition) is 2. The fourth-order valence-electron chi connectivity index (χ4n) is 5.01. The number of carbonyl (C=O) groups is 1. The summed E-state index contributed by atoms with van der Waals surface area (Å²) < 4.78 is 0.151. The van der Waals surface area contributed by atoms with Crippen molar-refractivity contribution in [2.24, 2.45) is 10.7 Å². The third-order valence-corrected chi connectivity index (χ3v) is 7.32. The Morgan fingerprint density at radius 1 is 0.857 bits per heavy atom. The van der Waals surface area contributed by atoms with E-state index in [9.17, 15) is 9.90 Å². The molecule has 35 heavy (non-hydrogen) atoms. The molecule has 1 aliphatic heterocycles. The Labute approximate surface area is 216 Å². The predicted octanol–water partition coefficient (Wildman–Crippen LogP) is 8.45. The molecule has 0 aromatic carbocycles. The molecule has 0 saturated carbocycles. The first-order valence-electron chi connectivity index (χ1n) is 14.8. The molecule has 2 unspecified atom stereocenters. The number of nitrogens with two attached hydrogens (primary N) is 1. The van der Waals surface area contributed by atoms with Crippen LogP contribution in [0.25, 0.3) is 0 Å². The van der Waals surface area contributed by atoms with Crippen molar-refractivity contribution in [3.8, 4) is 0 Å². The topological polar surface area (TPSA) is 75.7 Å². The predicted molar refractivity (Wildman–Crippen MR) is 150 cm³/mol. The molecule has 0 radical (unpaired) electrons. The van der Waals surface area contributed by atoms with Crippen molar-refractivity contribution in [1.82, 2.24) is 0 Å². The molecule has 0 bridgehead atoms. The van der Waals surface area contributed by atoms with Gasteiger partial charge in [0.2, 0.25) is 5.84 Å². The van der Waals surface area contributed by atoms with Gasteiger partial charge in [-0.15, -0.1) is 0 Å². The van der Waals surface area contributed by atoms with Crippen LogP contribution < -0.4 is 5.73 Å². The molecule has 1 heterocycles. The van der Waals surface area contributed by atoms with Crippen LogP contribution >= 0.6 is 0 Å². The van der Waals surface area contributed by atoms with Crippen molar-refractivity contribution in [3.63, 3.8) is 0 Å². The van der Waals surface area contributed by atoms with Crippen LogP contribution in [0.5, 0.6) is 0 Å². The maximum atomic E-state index is 11.3. The van der Waals surface area contributed by atoms with Gasteiger partial charge in [-0.2, -0.15) is 0 Å². The molecule has 0 fully saturated rings. The van der Waals surface area contributed by atoms with Crippen LogP contribution in [0.2, 0.25) is 0 Å². The van der Waals surface area contributed by atoms with Crippen molar-refractivity contribution < 1.29 is 14.4 Å². The van der Waals surface area contributed by atoms with Crippen LogP contribution in [0.15, 0.2) is 29.5 Å². The van der Waals surface area contributed by atoms with Crippen molar-refractivity contribution in [2.75, 3.05) is 6.54 Å². The minimum atomic E-state index is -0.847. The normalized spacial score (nSPS) is 18.4. The number of hydrogen-bond acceptors (Lipinski definition) is 3. The van der Waals surface area contributed by atoms with Gasteiger partial charge in [0.25, 0.3) is 0 Å².